The fourth-order valence-electron chi connectivity index (χ4n) is 11.8. The topological polar surface area (TPSA) is 307 Å². The molecule has 17 unspecified atom stereocenters. The molecule has 0 bridgehead atoms. The molecule has 19 nitrogen and oxygen atoms in total. The quantitative estimate of drug-likeness (QED) is 0.0200. The first kappa shape index (κ1) is 78.5. The van der Waals surface area contributed by atoms with Crippen molar-refractivity contribution in [1.29, 1.82) is 0 Å². The van der Waals surface area contributed by atoms with E-state index in [1.165, 1.54) is 167 Å². The zero-order valence-electron chi connectivity index (χ0n) is 53.3. The number of carbonyl (C=O) groups is 1. The molecule has 0 aromatic rings. The maximum atomic E-state index is 13.3. The highest BCUT2D eigenvalue weighted by atomic mass is 16.8. The largest absolute Gasteiger partial charge is 0.394 e. The Morgan fingerprint density at radius 1 is 0.407 bits per heavy atom. The number of amides is 1. The average molecular weight is 1230 g/mol. The van der Waals surface area contributed by atoms with Gasteiger partial charge in [-0.1, -0.05) is 244 Å². The van der Waals surface area contributed by atoms with Gasteiger partial charge in [-0.2, -0.15) is 0 Å². The molecule has 17 atom stereocenters. The van der Waals surface area contributed by atoms with Crippen LogP contribution in [0.5, 0.6) is 0 Å². The summed E-state index contributed by atoms with van der Waals surface area (Å²) >= 11 is 0. The fourth-order valence-corrected chi connectivity index (χ4v) is 11.8. The molecule has 0 saturated carbocycles. The zero-order valence-corrected chi connectivity index (χ0v) is 53.3. The van der Waals surface area contributed by atoms with Gasteiger partial charge in [-0.3, -0.25) is 4.79 Å². The van der Waals surface area contributed by atoms with Crippen LogP contribution >= 0.6 is 0 Å². The molecule has 0 aromatic carbocycles. The van der Waals surface area contributed by atoms with Crippen LogP contribution in [0.1, 0.15) is 264 Å². The molecule has 19 heteroatoms. The highest BCUT2D eigenvalue weighted by Crippen LogP contribution is 2.33. The predicted octanol–water partition coefficient (Wildman–Crippen LogP) is 8.66. The zero-order chi connectivity index (χ0) is 62.6. The van der Waals surface area contributed by atoms with Crippen LogP contribution in [0.3, 0.4) is 0 Å². The molecule has 3 fully saturated rings. The lowest BCUT2D eigenvalue weighted by molar-refractivity contribution is -0.379. The SMILES string of the molecule is CCC/C=C\CCCCCCCC(=O)NC(COC1OC(CO)C(OC2OC(CO)C(OC3OC(CO)C(O)C(O)C3O)C(O)C2O)C(O)C1O)C(O)/C=C/CCCCCCCCCCCCCCCCCCCCCCCCCCCCCCC. The van der Waals surface area contributed by atoms with Crippen molar-refractivity contribution in [3.05, 3.63) is 24.3 Å². The van der Waals surface area contributed by atoms with Gasteiger partial charge < -0.3 is 89.9 Å². The monoisotopic (exact) mass is 1230 g/mol. The van der Waals surface area contributed by atoms with Crippen molar-refractivity contribution in [2.45, 2.75) is 369 Å². The predicted molar refractivity (Wildman–Crippen MR) is 333 cm³/mol. The summed E-state index contributed by atoms with van der Waals surface area (Å²) in [6.45, 7) is 1.67. The number of rotatable bonds is 53. The van der Waals surface area contributed by atoms with E-state index in [2.05, 4.69) is 31.3 Å². The van der Waals surface area contributed by atoms with Gasteiger partial charge in [0, 0.05) is 6.42 Å². The smallest absolute Gasteiger partial charge is 0.220 e. The van der Waals surface area contributed by atoms with E-state index in [0.717, 1.165) is 70.6 Å². The minimum absolute atomic E-state index is 0.234. The third-order valence-electron chi connectivity index (χ3n) is 17.5. The summed E-state index contributed by atoms with van der Waals surface area (Å²) in [5.74, 6) is -0.286. The van der Waals surface area contributed by atoms with Crippen molar-refractivity contribution >= 4 is 5.91 Å². The molecule has 3 aliphatic heterocycles. The molecule has 0 spiro atoms. The molecule has 0 aliphatic carbocycles. The maximum absolute atomic E-state index is 13.3. The van der Waals surface area contributed by atoms with E-state index in [1.54, 1.807) is 6.08 Å². The molecule has 3 aliphatic rings. The number of hydrogen-bond donors (Lipinski definition) is 12. The lowest BCUT2D eigenvalue weighted by Crippen LogP contribution is -2.66. The van der Waals surface area contributed by atoms with Crippen LogP contribution in [0, 0.1) is 0 Å². The summed E-state index contributed by atoms with van der Waals surface area (Å²) < 4.78 is 34.3. The van der Waals surface area contributed by atoms with E-state index in [-0.39, 0.29) is 18.9 Å². The van der Waals surface area contributed by atoms with Gasteiger partial charge in [0.1, 0.15) is 73.2 Å². The highest BCUT2D eigenvalue weighted by molar-refractivity contribution is 5.76. The van der Waals surface area contributed by atoms with E-state index in [1.807, 2.05) is 6.08 Å². The number of aliphatic hydroxyl groups is 11. The molecule has 3 heterocycles. The van der Waals surface area contributed by atoms with Crippen LogP contribution in [0.2, 0.25) is 0 Å². The van der Waals surface area contributed by atoms with Gasteiger partial charge in [0.05, 0.1) is 38.6 Å². The Morgan fingerprint density at radius 3 is 1.17 bits per heavy atom. The van der Waals surface area contributed by atoms with E-state index >= 15 is 0 Å². The summed E-state index contributed by atoms with van der Waals surface area (Å²) in [7, 11) is 0. The van der Waals surface area contributed by atoms with Gasteiger partial charge >= 0.3 is 0 Å². The molecule has 0 radical (unpaired) electrons. The summed E-state index contributed by atoms with van der Waals surface area (Å²) in [5, 5.41) is 120. The van der Waals surface area contributed by atoms with Crippen molar-refractivity contribution in [2.24, 2.45) is 0 Å². The Balaban J connectivity index is 1.36. The molecule has 1 amide bonds. The summed E-state index contributed by atoms with van der Waals surface area (Å²) in [6, 6.07) is -0.975. The van der Waals surface area contributed by atoms with Crippen LogP contribution in [0.4, 0.5) is 0 Å². The van der Waals surface area contributed by atoms with E-state index in [4.69, 9.17) is 28.4 Å². The normalized spacial score (nSPS) is 28.9. The van der Waals surface area contributed by atoms with Gasteiger partial charge in [0.15, 0.2) is 18.9 Å². The second-order valence-corrected chi connectivity index (χ2v) is 25.0. The average Bonchev–Trinajstić information content (AvgIpc) is 1.38. The number of carbonyl (C=O) groups excluding carboxylic acids is 1. The highest BCUT2D eigenvalue weighted by Gasteiger charge is 2.53. The van der Waals surface area contributed by atoms with Crippen LogP contribution in [0.15, 0.2) is 24.3 Å². The first-order chi connectivity index (χ1) is 41.8. The van der Waals surface area contributed by atoms with Crippen LogP contribution < -0.4 is 5.32 Å². The molecule has 3 saturated heterocycles. The molecular formula is C67H125NO18. The van der Waals surface area contributed by atoms with Gasteiger partial charge in [-0.25, -0.2) is 0 Å². The van der Waals surface area contributed by atoms with Crippen LogP contribution in [-0.4, -0.2) is 193 Å². The van der Waals surface area contributed by atoms with Crippen molar-refractivity contribution in [1.82, 2.24) is 5.32 Å². The van der Waals surface area contributed by atoms with E-state index in [9.17, 15) is 61.0 Å². The van der Waals surface area contributed by atoms with Crippen molar-refractivity contribution in [2.75, 3.05) is 26.4 Å². The number of ether oxygens (including phenoxy) is 6. The second kappa shape index (κ2) is 49.9. The first-order valence-electron chi connectivity index (χ1n) is 34.6. The van der Waals surface area contributed by atoms with Gasteiger partial charge in [0.25, 0.3) is 0 Å². The molecule has 506 valence electrons. The number of allylic oxidation sites excluding steroid dienone is 3. The summed E-state index contributed by atoms with van der Waals surface area (Å²) in [5.41, 5.74) is 0. The first-order valence-corrected chi connectivity index (χ1v) is 34.6. The van der Waals surface area contributed by atoms with Crippen molar-refractivity contribution in [3.63, 3.8) is 0 Å². The maximum Gasteiger partial charge on any atom is 0.220 e. The molecule has 12 N–H and O–H groups in total. The van der Waals surface area contributed by atoms with Crippen molar-refractivity contribution in [3.8, 4) is 0 Å². The van der Waals surface area contributed by atoms with Crippen LogP contribution in [0.25, 0.3) is 0 Å². The number of hydrogen-bond acceptors (Lipinski definition) is 18. The third kappa shape index (κ3) is 32.0. The minimum atomic E-state index is -1.98. The molecule has 3 rings (SSSR count). The lowest BCUT2D eigenvalue weighted by atomic mass is 9.96. The van der Waals surface area contributed by atoms with E-state index < -0.39 is 124 Å². The van der Waals surface area contributed by atoms with Crippen LogP contribution in [-0.2, 0) is 33.2 Å². The Hall–Kier alpha value is -1.73. The summed E-state index contributed by atoms with van der Waals surface area (Å²) in [6.07, 6.45) is 29.2. The van der Waals surface area contributed by atoms with E-state index in [0.29, 0.717) is 6.42 Å². The minimum Gasteiger partial charge on any atom is -0.394 e. The second-order valence-electron chi connectivity index (χ2n) is 25.0. The van der Waals surface area contributed by atoms with Gasteiger partial charge in [-0.15, -0.1) is 0 Å². The fraction of sp³-hybridized carbons (Fsp3) is 0.925. The molecule has 86 heavy (non-hydrogen) atoms. The summed E-state index contributed by atoms with van der Waals surface area (Å²) in [4.78, 5) is 13.3. The Labute approximate surface area is 518 Å². The van der Waals surface area contributed by atoms with Gasteiger partial charge in [-0.05, 0) is 38.5 Å². The van der Waals surface area contributed by atoms with Crippen molar-refractivity contribution < 1.29 is 89.4 Å². The Bertz CT molecular complexity index is 1660. The number of nitrogens with one attached hydrogen (secondary N) is 1. The standard InChI is InChI=1S/C67H125NO18/c1-3-5-7-9-11-13-15-16-17-18-19-20-21-22-23-24-25-26-27-28-29-30-31-32-33-34-35-36-38-40-42-44-51(72)50(68-55(73)45-43-41-39-37-14-12-10-8-6-4-2)49-81-65-61(79)58(76)63(53(47-70)83-65)86-67-62(80)59(77)64(54(48-71)84-67)85-66-60(78)57(75)56(74)52(46-69)82-66/h8,10,42,44,50-54,56-67,69-72,74-80H,3-7,9,11-41,43,45-49H2,1-2H3,(H,68,73)/b10-8-,44-42+. The third-order valence-corrected chi connectivity index (χ3v) is 17.5. The number of unbranched alkanes of at least 4 members (excludes halogenated alkanes) is 35. The molecular weight excluding hydrogens is 1110 g/mol. The lowest BCUT2D eigenvalue weighted by Gasteiger charge is -2.48. The Kier molecular flexibility index (Phi) is 45.6. The molecule has 0 aromatic heterocycles. The van der Waals surface area contributed by atoms with Gasteiger partial charge in [0.2, 0.25) is 5.91 Å². The Morgan fingerprint density at radius 2 is 0.756 bits per heavy atom. The number of aliphatic hydroxyl groups excluding tert-OH is 11.